The number of ether oxygens (including phenoxy) is 1. The van der Waals surface area contributed by atoms with Gasteiger partial charge in [0, 0.05) is 11.6 Å². The molecule has 0 aliphatic carbocycles. The minimum absolute atomic E-state index is 0.378. The largest absolute Gasteiger partial charge is 0.465 e. The highest BCUT2D eigenvalue weighted by Crippen LogP contribution is 2.30. The summed E-state index contributed by atoms with van der Waals surface area (Å²) in [5, 5.41) is 6.19. The molecule has 6 heteroatoms. The Kier molecular flexibility index (Phi) is 3.94. The van der Waals surface area contributed by atoms with Gasteiger partial charge in [0.15, 0.2) is 0 Å². The number of carbonyl (C=O) groups is 1. The van der Waals surface area contributed by atoms with Crippen LogP contribution in [0.25, 0.3) is 0 Å². The van der Waals surface area contributed by atoms with Crippen LogP contribution in [-0.4, -0.2) is 18.1 Å². The van der Waals surface area contributed by atoms with Crippen LogP contribution < -0.4 is 11.1 Å². The van der Waals surface area contributed by atoms with Gasteiger partial charge in [0.1, 0.15) is 5.01 Å². The molecule has 0 amide bonds. The Bertz CT molecular complexity index is 609. The van der Waals surface area contributed by atoms with Gasteiger partial charge in [-0.3, -0.25) is 0 Å². The minimum Gasteiger partial charge on any atom is -0.465 e. The number of nitrogen functional groups attached to an aromatic ring is 1. The van der Waals surface area contributed by atoms with Gasteiger partial charge in [-0.15, -0.1) is 11.3 Å². The Balaban J connectivity index is 2.31. The van der Waals surface area contributed by atoms with Crippen molar-refractivity contribution in [3.8, 4) is 0 Å². The summed E-state index contributed by atoms with van der Waals surface area (Å²) in [4.78, 5) is 15.9. The van der Waals surface area contributed by atoms with Crippen LogP contribution in [0, 0.1) is 0 Å². The van der Waals surface area contributed by atoms with Crippen LogP contribution in [-0.2, 0) is 10.3 Å². The van der Waals surface area contributed by atoms with Crippen LogP contribution in [0.2, 0.25) is 0 Å². The zero-order valence-electron chi connectivity index (χ0n) is 11.6. The fraction of sp³-hybridized carbons (Fsp3) is 0.286. The number of anilines is 2. The lowest BCUT2D eigenvalue weighted by molar-refractivity contribution is 0.0601. The molecule has 2 aromatic rings. The van der Waals surface area contributed by atoms with Gasteiger partial charge in [-0.05, 0) is 32.0 Å². The van der Waals surface area contributed by atoms with Crippen LogP contribution in [0.3, 0.4) is 0 Å². The number of aromatic nitrogens is 1. The van der Waals surface area contributed by atoms with Crippen molar-refractivity contribution in [1.29, 1.82) is 0 Å². The van der Waals surface area contributed by atoms with Crippen molar-refractivity contribution in [2.75, 3.05) is 18.2 Å². The van der Waals surface area contributed by atoms with E-state index in [9.17, 15) is 4.79 Å². The number of carbonyl (C=O) groups excluding carboxylic acids is 1. The molecule has 2 rings (SSSR count). The summed E-state index contributed by atoms with van der Waals surface area (Å²) in [7, 11) is 1.35. The predicted molar refractivity (Wildman–Crippen MR) is 81.0 cm³/mol. The van der Waals surface area contributed by atoms with Gasteiger partial charge in [-0.1, -0.05) is 0 Å². The Hall–Kier alpha value is -2.08. The fourth-order valence-electron chi connectivity index (χ4n) is 1.83. The average Bonchev–Trinajstić information content (AvgIpc) is 2.95. The second-order valence-corrected chi connectivity index (χ2v) is 5.78. The minimum atomic E-state index is -0.389. The normalized spacial score (nSPS) is 11.2. The lowest BCUT2D eigenvalue weighted by Gasteiger charge is -2.26. The molecule has 0 radical (unpaired) electrons. The molecule has 0 aliphatic heterocycles. The molecule has 1 aromatic carbocycles. The highest BCUT2D eigenvalue weighted by atomic mass is 32.1. The molecule has 0 spiro atoms. The van der Waals surface area contributed by atoms with Crippen molar-refractivity contribution < 1.29 is 9.53 Å². The molecule has 0 fully saturated rings. The molecule has 106 valence electrons. The molecule has 1 aromatic heterocycles. The lowest BCUT2D eigenvalue weighted by Crippen LogP contribution is -2.28. The Labute approximate surface area is 121 Å². The van der Waals surface area contributed by atoms with Gasteiger partial charge in [-0.25, -0.2) is 9.78 Å². The number of rotatable bonds is 4. The van der Waals surface area contributed by atoms with Crippen molar-refractivity contribution in [2.45, 2.75) is 19.4 Å². The van der Waals surface area contributed by atoms with Crippen LogP contribution in [0.15, 0.2) is 29.8 Å². The molecule has 5 nitrogen and oxygen atoms in total. The maximum atomic E-state index is 11.6. The molecular weight excluding hydrogens is 274 g/mol. The molecule has 0 aliphatic rings. The summed E-state index contributed by atoms with van der Waals surface area (Å²) in [5.41, 5.74) is 7.30. The number of benzene rings is 1. The van der Waals surface area contributed by atoms with Crippen molar-refractivity contribution in [1.82, 2.24) is 4.98 Å². The molecular formula is C14H17N3O2S. The summed E-state index contributed by atoms with van der Waals surface area (Å²) in [6, 6.07) is 5.02. The Morgan fingerprint density at radius 1 is 1.45 bits per heavy atom. The second kappa shape index (κ2) is 5.50. The van der Waals surface area contributed by atoms with Crippen molar-refractivity contribution in [3.63, 3.8) is 0 Å². The number of hydrogen-bond acceptors (Lipinski definition) is 6. The third kappa shape index (κ3) is 2.91. The van der Waals surface area contributed by atoms with E-state index >= 15 is 0 Å². The van der Waals surface area contributed by atoms with E-state index in [2.05, 4.69) is 10.3 Å². The highest BCUT2D eigenvalue weighted by Gasteiger charge is 2.24. The fourth-order valence-corrected chi connectivity index (χ4v) is 2.55. The molecule has 1 heterocycles. The molecule has 0 unspecified atom stereocenters. The predicted octanol–water partition coefficient (Wildman–Crippen LogP) is 2.86. The van der Waals surface area contributed by atoms with Gasteiger partial charge in [0.25, 0.3) is 0 Å². The number of esters is 1. The van der Waals surface area contributed by atoms with Crippen molar-refractivity contribution in [2.24, 2.45) is 0 Å². The molecule has 0 atom stereocenters. The summed E-state index contributed by atoms with van der Waals surface area (Å²) in [6.45, 7) is 4.02. The zero-order chi connectivity index (χ0) is 14.8. The standard InChI is InChI=1S/C14H17N3O2S/c1-14(2,13-16-6-7-20-13)17-11-8-9(12(18)19-3)4-5-10(11)15/h4-8,17H,15H2,1-3H3. The van der Waals surface area contributed by atoms with E-state index in [-0.39, 0.29) is 11.5 Å². The summed E-state index contributed by atoms with van der Waals surface area (Å²) in [5.74, 6) is -0.389. The number of thiazole rings is 1. The first-order valence-corrected chi connectivity index (χ1v) is 6.98. The van der Waals surface area contributed by atoms with E-state index in [0.29, 0.717) is 16.9 Å². The number of hydrogen-bond donors (Lipinski definition) is 2. The molecule has 0 saturated heterocycles. The third-order valence-electron chi connectivity index (χ3n) is 2.89. The average molecular weight is 291 g/mol. The number of methoxy groups -OCH3 is 1. The van der Waals surface area contributed by atoms with E-state index in [1.807, 2.05) is 19.2 Å². The summed E-state index contributed by atoms with van der Waals surface area (Å²) < 4.78 is 4.72. The van der Waals surface area contributed by atoms with Gasteiger partial charge in [-0.2, -0.15) is 0 Å². The lowest BCUT2D eigenvalue weighted by atomic mass is 10.0. The van der Waals surface area contributed by atoms with Gasteiger partial charge < -0.3 is 15.8 Å². The third-order valence-corrected chi connectivity index (χ3v) is 3.99. The van der Waals surface area contributed by atoms with Gasteiger partial charge >= 0.3 is 5.97 Å². The van der Waals surface area contributed by atoms with E-state index < -0.39 is 0 Å². The van der Waals surface area contributed by atoms with E-state index in [1.54, 1.807) is 35.7 Å². The van der Waals surface area contributed by atoms with E-state index in [4.69, 9.17) is 10.5 Å². The van der Waals surface area contributed by atoms with Crippen LogP contribution >= 0.6 is 11.3 Å². The maximum absolute atomic E-state index is 11.6. The van der Waals surface area contributed by atoms with Gasteiger partial charge in [0.2, 0.25) is 0 Å². The van der Waals surface area contributed by atoms with Crippen LogP contribution in [0.4, 0.5) is 11.4 Å². The molecule has 0 saturated carbocycles. The summed E-state index contributed by atoms with van der Waals surface area (Å²) in [6.07, 6.45) is 1.76. The van der Waals surface area contributed by atoms with Crippen LogP contribution in [0.1, 0.15) is 29.2 Å². The Morgan fingerprint density at radius 3 is 2.80 bits per heavy atom. The van der Waals surface area contributed by atoms with E-state index in [0.717, 1.165) is 5.01 Å². The highest BCUT2D eigenvalue weighted by molar-refractivity contribution is 7.09. The quantitative estimate of drug-likeness (QED) is 0.669. The van der Waals surface area contributed by atoms with Crippen molar-refractivity contribution >= 4 is 28.7 Å². The second-order valence-electron chi connectivity index (χ2n) is 4.88. The first-order chi connectivity index (χ1) is 9.44. The van der Waals surface area contributed by atoms with Gasteiger partial charge in [0.05, 0.1) is 29.6 Å². The van der Waals surface area contributed by atoms with Crippen LogP contribution in [0.5, 0.6) is 0 Å². The SMILES string of the molecule is COC(=O)c1ccc(N)c(NC(C)(C)c2nccs2)c1. The first-order valence-electron chi connectivity index (χ1n) is 6.10. The smallest absolute Gasteiger partial charge is 0.337 e. The molecule has 0 bridgehead atoms. The maximum Gasteiger partial charge on any atom is 0.337 e. The molecule has 3 N–H and O–H groups in total. The zero-order valence-corrected chi connectivity index (χ0v) is 12.5. The number of nitrogens with two attached hydrogens (primary N) is 1. The van der Waals surface area contributed by atoms with E-state index in [1.165, 1.54) is 7.11 Å². The number of nitrogens with one attached hydrogen (secondary N) is 1. The first kappa shape index (κ1) is 14.3. The molecule has 20 heavy (non-hydrogen) atoms. The monoisotopic (exact) mass is 291 g/mol. The Morgan fingerprint density at radius 2 is 2.20 bits per heavy atom. The summed E-state index contributed by atoms with van der Waals surface area (Å²) >= 11 is 1.56. The topological polar surface area (TPSA) is 77.2 Å². The van der Waals surface area contributed by atoms with Crippen molar-refractivity contribution in [3.05, 3.63) is 40.3 Å². The number of nitrogens with zero attached hydrogens (tertiary/aromatic N) is 1.